The Bertz CT molecular complexity index is 496. The van der Waals surface area contributed by atoms with Gasteiger partial charge in [-0.3, -0.25) is 4.52 Å². The van der Waals surface area contributed by atoms with Crippen LogP contribution in [-0.2, 0) is 9.09 Å². The second-order valence-electron chi connectivity index (χ2n) is 3.67. The quantitative estimate of drug-likeness (QED) is 0.739. The zero-order valence-electron chi connectivity index (χ0n) is 10.6. The molecule has 2 aromatic carbocycles. The molecule has 19 heavy (non-hydrogen) atoms. The molecule has 0 unspecified atom stereocenters. The second kappa shape index (κ2) is 6.41. The number of hydrogen-bond donors (Lipinski definition) is 0. The molecule has 0 bridgehead atoms. The Labute approximate surface area is 112 Å². The maximum Gasteiger partial charge on any atom is 0.587 e. The van der Waals surface area contributed by atoms with E-state index in [4.69, 9.17) is 13.6 Å². The average molecular weight is 278 g/mol. The lowest BCUT2D eigenvalue weighted by atomic mass is 10.3. The van der Waals surface area contributed by atoms with Crippen molar-refractivity contribution in [3.8, 4) is 11.5 Å². The van der Waals surface area contributed by atoms with Crippen LogP contribution in [-0.4, -0.2) is 6.61 Å². The molecule has 0 aromatic heterocycles. The molecule has 0 amide bonds. The zero-order valence-corrected chi connectivity index (χ0v) is 11.5. The summed E-state index contributed by atoms with van der Waals surface area (Å²) in [4.78, 5) is 0. The van der Waals surface area contributed by atoms with Crippen molar-refractivity contribution in [2.24, 2.45) is 0 Å². The predicted molar refractivity (Wildman–Crippen MR) is 73.4 cm³/mol. The molecule has 0 spiro atoms. The Morgan fingerprint density at radius 1 is 0.842 bits per heavy atom. The van der Waals surface area contributed by atoms with Gasteiger partial charge in [-0.25, -0.2) is 4.57 Å². The van der Waals surface area contributed by atoms with Gasteiger partial charge in [0.25, 0.3) is 0 Å². The molecular formula is C14H15O4P. The van der Waals surface area contributed by atoms with E-state index in [-0.39, 0.29) is 6.61 Å². The molecule has 0 radical (unpaired) electrons. The summed E-state index contributed by atoms with van der Waals surface area (Å²) in [6, 6.07) is 17.6. The summed E-state index contributed by atoms with van der Waals surface area (Å²) < 4.78 is 28.3. The Kier molecular flexibility index (Phi) is 4.61. The molecular weight excluding hydrogens is 263 g/mol. The van der Waals surface area contributed by atoms with Crippen molar-refractivity contribution in [2.45, 2.75) is 6.92 Å². The maximum atomic E-state index is 12.5. The highest BCUT2D eigenvalue weighted by atomic mass is 31.2. The minimum Gasteiger partial charge on any atom is -0.395 e. The zero-order chi connectivity index (χ0) is 13.6. The fourth-order valence-electron chi connectivity index (χ4n) is 1.45. The molecule has 4 nitrogen and oxygen atoms in total. The Morgan fingerprint density at radius 2 is 1.26 bits per heavy atom. The molecule has 2 rings (SSSR count). The summed E-state index contributed by atoms with van der Waals surface area (Å²) in [7, 11) is -3.66. The van der Waals surface area contributed by atoms with E-state index in [1.807, 2.05) is 12.1 Å². The SMILES string of the molecule is CCOP(=O)(Oc1ccccc1)Oc1ccccc1. The van der Waals surface area contributed by atoms with Crippen molar-refractivity contribution in [1.82, 2.24) is 0 Å². The predicted octanol–water partition coefficient (Wildman–Crippen LogP) is 4.29. The molecule has 0 atom stereocenters. The molecule has 0 aliphatic rings. The van der Waals surface area contributed by atoms with E-state index in [0.29, 0.717) is 11.5 Å². The average Bonchev–Trinajstić information content (AvgIpc) is 2.41. The molecule has 0 aliphatic heterocycles. The monoisotopic (exact) mass is 278 g/mol. The van der Waals surface area contributed by atoms with E-state index in [1.165, 1.54) is 0 Å². The highest BCUT2D eigenvalue weighted by Crippen LogP contribution is 2.49. The van der Waals surface area contributed by atoms with Crippen LogP contribution in [0.1, 0.15) is 6.92 Å². The molecule has 100 valence electrons. The molecule has 5 heteroatoms. The molecule has 0 heterocycles. The molecule has 0 fully saturated rings. The summed E-state index contributed by atoms with van der Waals surface area (Å²) in [6.07, 6.45) is 0. The lowest BCUT2D eigenvalue weighted by Crippen LogP contribution is -2.04. The second-order valence-corrected chi connectivity index (χ2v) is 5.19. The first-order chi connectivity index (χ1) is 9.22. The van der Waals surface area contributed by atoms with Crippen LogP contribution in [0.2, 0.25) is 0 Å². The number of para-hydroxylation sites is 2. The molecule has 2 aromatic rings. The summed E-state index contributed by atoms with van der Waals surface area (Å²) in [6.45, 7) is 1.96. The van der Waals surface area contributed by atoms with Crippen molar-refractivity contribution in [3.05, 3.63) is 60.7 Å². The van der Waals surface area contributed by atoms with Gasteiger partial charge in [0.05, 0.1) is 6.61 Å². The Balaban J connectivity index is 2.16. The lowest BCUT2D eigenvalue weighted by molar-refractivity contribution is 0.219. The number of benzene rings is 2. The number of rotatable bonds is 6. The highest BCUT2D eigenvalue weighted by molar-refractivity contribution is 7.49. The van der Waals surface area contributed by atoms with Gasteiger partial charge in [-0.1, -0.05) is 36.4 Å². The first-order valence-corrected chi connectivity index (χ1v) is 7.42. The van der Waals surface area contributed by atoms with E-state index in [9.17, 15) is 4.57 Å². The van der Waals surface area contributed by atoms with E-state index >= 15 is 0 Å². The van der Waals surface area contributed by atoms with Crippen molar-refractivity contribution in [2.75, 3.05) is 6.61 Å². The van der Waals surface area contributed by atoms with Gasteiger partial charge in [0.15, 0.2) is 0 Å². The smallest absolute Gasteiger partial charge is 0.395 e. The third kappa shape index (κ3) is 4.12. The van der Waals surface area contributed by atoms with Crippen molar-refractivity contribution in [3.63, 3.8) is 0 Å². The van der Waals surface area contributed by atoms with Gasteiger partial charge in [-0.2, -0.15) is 0 Å². The van der Waals surface area contributed by atoms with Gasteiger partial charge in [-0.15, -0.1) is 0 Å². The number of phosphoric ester groups is 1. The van der Waals surface area contributed by atoms with Crippen LogP contribution in [0.25, 0.3) is 0 Å². The van der Waals surface area contributed by atoms with Gasteiger partial charge in [0, 0.05) is 0 Å². The lowest BCUT2D eigenvalue weighted by Gasteiger charge is -2.18. The summed E-state index contributed by atoms with van der Waals surface area (Å²) in [5.41, 5.74) is 0. The van der Waals surface area contributed by atoms with Gasteiger partial charge >= 0.3 is 7.82 Å². The van der Waals surface area contributed by atoms with Crippen molar-refractivity contribution in [1.29, 1.82) is 0 Å². The van der Waals surface area contributed by atoms with Gasteiger partial charge in [0.2, 0.25) is 0 Å². The van der Waals surface area contributed by atoms with E-state index in [2.05, 4.69) is 0 Å². The molecule has 0 saturated heterocycles. The van der Waals surface area contributed by atoms with Crippen LogP contribution in [0.4, 0.5) is 0 Å². The molecule has 0 aliphatic carbocycles. The first-order valence-electron chi connectivity index (χ1n) is 5.96. The minimum absolute atomic E-state index is 0.233. The van der Waals surface area contributed by atoms with E-state index in [0.717, 1.165) is 0 Å². The summed E-state index contributed by atoms with van der Waals surface area (Å²) >= 11 is 0. The van der Waals surface area contributed by atoms with Crippen LogP contribution < -0.4 is 9.05 Å². The maximum absolute atomic E-state index is 12.5. The molecule has 0 N–H and O–H groups in total. The largest absolute Gasteiger partial charge is 0.587 e. The van der Waals surface area contributed by atoms with Gasteiger partial charge in [-0.05, 0) is 31.2 Å². The van der Waals surface area contributed by atoms with E-state index < -0.39 is 7.82 Å². The Hall–Kier alpha value is -1.77. The van der Waals surface area contributed by atoms with Crippen LogP contribution in [0.5, 0.6) is 11.5 Å². The van der Waals surface area contributed by atoms with Crippen molar-refractivity contribution < 1.29 is 18.1 Å². The van der Waals surface area contributed by atoms with Crippen LogP contribution in [0, 0.1) is 0 Å². The fraction of sp³-hybridized carbons (Fsp3) is 0.143. The standard InChI is InChI=1S/C14H15O4P/c1-2-16-19(15,17-13-9-5-3-6-10-13)18-14-11-7-4-8-12-14/h3-12H,2H2,1H3. The topological polar surface area (TPSA) is 44.8 Å². The third-order valence-corrected chi connectivity index (χ3v) is 3.65. The van der Waals surface area contributed by atoms with Gasteiger partial charge in [0.1, 0.15) is 11.5 Å². The molecule has 0 saturated carbocycles. The van der Waals surface area contributed by atoms with Crippen LogP contribution in [0.3, 0.4) is 0 Å². The summed E-state index contributed by atoms with van der Waals surface area (Å²) in [5, 5.41) is 0. The third-order valence-electron chi connectivity index (χ3n) is 2.21. The van der Waals surface area contributed by atoms with Crippen LogP contribution in [0.15, 0.2) is 60.7 Å². The fourth-order valence-corrected chi connectivity index (χ4v) is 2.67. The minimum atomic E-state index is -3.66. The highest BCUT2D eigenvalue weighted by Gasteiger charge is 2.29. The normalized spacial score (nSPS) is 11.0. The van der Waals surface area contributed by atoms with Gasteiger partial charge < -0.3 is 9.05 Å². The van der Waals surface area contributed by atoms with Crippen LogP contribution >= 0.6 is 7.82 Å². The van der Waals surface area contributed by atoms with E-state index in [1.54, 1.807) is 55.5 Å². The summed E-state index contributed by atoms with van der Waals surface area (Å²) in [5.74, 6) is 0.880. The van der Waals surface area contributed by atoms with Crippen molar-refractivity contribution >= 4 is 7.82 Å². The number of hydrogen-bond acceptors (Lipinski definition) is 4. The number of phosphoric acid groups is 1. The first kappa shape index (κ1) is 13.7. The Morgan fingerprint density at radius 3 is 1.63 bits per heavy atom.